The van der Waals surface area contributed by atoms with Crippen LogP contribution in [-0.4, -0.2) is 14.8 Å². The van der Waals surface area contributed by atoms with E-state index in [-0.39, 0.29) is 6.04 Å². The Labute approximate surface area is 118 Å². The number of hydrogen-bond donors (Lipinski definition) is 1. The Bertz CT molecular complexity index is 712. The number of benzene rings is 1. The van der Waals surface area contributed by atoms with Crippen LogP contribution in [0.25, 0.3) is 10.8 Å². The quantitative estimate of drug-likeness (QED) is 0.789. The zero-order valence-corrected chi connectivity index (χ0v) is 11.5. The number of aromatic nitrogens is 3. The van der Waals surface area contributed by atoms with Crippen molar-refractivity contribution in [3.05, 3.63) is 60.2 Å². The molecule has 0 amide bonds. The maximum atomic E-state index is 6.34. The molecule has 0 spiro atoms. The van der Waals surface area contributed by atoms with E-state index in [1.165, 1.54) is 11.1 Å². The van der Waals surface area contributed by atoms with Crippen LogP contribution in [0.15, 0.2) is 48.8 Å². The lowest BCUT2D eigenvalue weighted by molar-refractivity contribution is 0.606. The summed E-state index contributed by atoms with van der Waals surface area (Å²) in [6.45, 7) is 0. The Kier molecular flexibility index (Phi) is 3.48. The first kappa shape index (κ1) is 12.8. The number of fused-ring (bicyclic) bond motifs is 1. The number of nitrogens with zero attached hydrogens (tertiary/aromatic N) is 3. The van der Waals surface area contributed by atoms with Crippen LogP contribution >= 0.6 is 0 Å². The van der Waals surface area contributed by atoms with E-state index >= 15 is 0 Å². The highest BCUT2D eigenvalue weighted by molar-refractivity contribution is 5.84. The molecular formula is C16H18N4. The summed E-state index contributed by atoms with van der Waals surface area (Å²) in [6.07, 6.45) is 5.42. The van der Waals surface area contributed by atoms with Crippen LogP contribution in [0.1, 0.15) is 23.9 Å². The monoisotopic (exact) mass is 266 g/mol. The molecule has 1 atom stereocenters. The van der Waals surface area contributed by atoms with Crippen LogP contribution in [0.2, 0.25) is 0 Å². The highest BCUT2D eigenvalue weighted by Gasteiger charge is 2.12. The zero-order chi connectivity index (χ0) is 13.9. The molecule has 0 saturated carbocycles. The molecule has 0 saturated heterocycles. The fraction of sp³-hybridized carbons (Fsp3) is 0.250. The molecule has 102 valence electrons. The molecule has 2 N–H and O–H groups in total. The molecule has 0 aliphatic heterocycles. The number of pyridine rings is 1. The number of aryl methyl sites for hydroxylation is 2. The molecule has 3 aromatic rings. The van der Waals surface area contributed by atoms with Gasteiger partial charge in [0.1, 0.15) is 0 Å². The second-order valence-corrected chi connectivity index (χ2v) is 5.01. The predicted octanol–water partition coefficient (Wildman–Crippen LogP) is 2.60. The predicted molar refractivity (Wildman–Crippen MR) is 80.2 cm³/mol. The summed E-state index contributed by atoms with van der Waals surface area (Å²) < 4.78 is 1.89. The normalized spacial score (nSPS) is 12.7. The molecule has 3 rings (SSSR count). The molecule has 0 aliphatic carbocycles. The molecule has 4 heteroatoms. The van der Waals surface area contributed by atoms with Gasteiger partial charge in [-0.25, -0.2) is 0 Å². The summed E-state index contributed by atoms with van der Waals surface area (Å²) in [7, 11) is 1.96. The second kappa shape index (κ2) is 5.43. The first-order valence-corrected chi connectivity index (χ1v) is 6.82. The Morgan fingerprint density at radius 3 is 2.80 bits per heavy atom. The van der Waals surface area contributed by atoms with Crippen molar-refractivity contribution in [3.8, 4) is 0 Å². The van der Waals surface area contributed by atoms with Crippen molar-refractivity contribution in [3.63, 3.8) is 0 Å². The summed E-state index contributed by atoms with van der Waals surface area (Å²) >= 11 is 0. The zero-order valence-electron chi connectivity index (χ0n) is 11.5. The Morgan fingerprint density at radius 2 is 2.00 bits per heavy atom. The molecule has 2 aromatic heterocycles. The van der Waals surface area contributed by atoms with Crippen LogP contribution in [0.4, 0.5) is 0 Å². The summed E-state index contributed by atoms with van der Waals surface area (Å²) in [6, 6.07) is 12.2. The molecule has 20 heavy (non-hydrogen) atoms. The van der Waals surface area contributed by atoms with Crippen molar-refractivity contribution >= 4 is 10.8 Å². The molecule has 1 unspecified atom stereocenters. The van der Waals surface area contributed by atoms with E-state index < -0.39 is 0 Å². The third-order valence-corrected chi connectivity index (χ3v) is 3.69. The topological polar surface area (TPSA) is 56.7 Å². The van der Waals surface area contributed by atoms with Gasteiger partial charge < -0.3 is 5.73 Å². The van der Waals surface area contributed by atoms with E-state index in [9.17, 15) is 0 Å². The second-order valence-electron chi connectivity index (χ2n) is 5.01. The Balaban J connectivity index is 1.82. The van der Waals surface area contributed by atoms with Gasteiger partial charge in [-0.3, -0.25) is 9.67 Å². The lowest BCUT2D eigenvalue weighted by Gasteiger charge is -2.13. The molecule has 0 radical (unpaired) electrons. The first-order chi connectivity index (χ1) is 9.75. The van der Waals surface area contributed by atoms with Gasteiger partial charge in [-0.2, -0.15) is 5.10 Å². The van der Waals surface area contributed by atoms with Gasteiger partial charge >= 0.3 is 0 Å². The Hall–Kier alpha value is -2.20. The highest BCUT2D eigenvalue weighted by atomic mass is 15.2. The summed E-state index contributed by atoms with van der Waals surface area (Å²) in [5.74, 6) is 0. The molecule has 0 fully saturated rings. The van der Waals surface area contributed by atoms with Gasteiger partial charge in [0, 0.05) is 36.6 Å². The summed E-state index contributed by atoms with van der Waals surface area (Å²) in [5, 5.41) is 6.51. The highest BCUT2D eigenvalue weighted by Crippen LogP contribution is 2.23. The standard InChI is InChI=1S/C16H18N4/c1-20-13(9-11-19-20)6-7-15(17)16-14-5-3-2-4-12(14)8-10-18-16/h2-5,8-11,15H,6-7,17H2,1H3. The average molecular weight is 266 g/mol. The van der Waals surface area contributed by atoms with Gasteiger partial charge in [0.05, 0.1) is 5.69 Å². The van der Waals surface area contributed by atoms with Gasteiger partial charge in [-0.05, 0) is 30.4 Å². The van der Waals surface area contributed by atoms with Crippen molar-refractivity contribution < 1.29 is 0 Å². The number of nitrogens with two attached hydrogens (primary N) is 1. The third kappa shape index (κ3) is 2.42. The van der Waals surface area contributed by atoms with E-state index in [1.54, 1.807) is 0 Å². The number of rotatable bonds is 4. The maximum absolute atomic E-state index is 6.34. The van der Waals surface area contributed by atoms with E-state index in [4.69, 9.17) is 5.73 Å². The van der Waals surface area contributed by atoms with Crippen LogP contribution in [0.5, 0.6) is 0 Å². The number of hydrogen-bond acceptors (Lipinski definition) is 3. The molecule has 1 aromatic carbocycles. The van der Waals surface area contributed by atoms with Crippen LogP contribution in [0, 0.1) is 0 Å². The lowest BCUT2D eigenvalue weighted by atomic mass is 10.0. The van der Waals surface area contributed by atoms with Crippen LogP contribution < -0.4 is 5.73 Å². The van der Waals surface area contributed by atoms with E-state index in [0.29, 0.717) is 0 Å². The fourth-order valence-corrected chi connectivity index (χ4v) is 2.53. The lowest BCUT2D eigenvalue weighted by Crippen LogP contribution is -2.14. The van der Waals surface area contributed by atoms with Gasteiger partial charge in [0.15, 0.2) is 0 Å². The van der Waals surface area contributed by atoms with Gasteiger partial charge in [-0.15, -0.1) is 0 Å². The Morgan fingerprint density at radius 1 is 1.15 bits per heavy atom. The van der Waals surface area contributed by atoms with Gasteiger partial charge in [0.25, 0.3) is 0 Å². The van der Waals surface area contributed by atoms with Crippen LogP contribution in [-0.2, 0) is 13.5 Å². The summed E-state index contributed by atoms with van der Waals surface area (Å²) in [5.41, 5.74) is 8.51. The van der Waals surface area contributed by atoms with Crippen molar-refractivity contribution in [2.45, 2.75) is 18.9 Å². The first-order valence-electron chi connectivity index (χ1n) is 6.82. The van der Waals surface area contributed by atoms with Crippen LogP contribution in [0.3, 0.4) is 0 Å². The van der Waals surface area contributed by atoms with Gasteiger partial charge in [-0.1, -0.05) is 24.3 Å². The van der Waals surface area contributed by atoms with E-state index in [0.717, 1.165) is 23.9 Å². The largest absolute Gasteiger partial charge is 0.323 e. The van der Waals surface area contributed by atoms with Crippen molar-refractivity contribution in [1.82, 2.24) is 14.8 Å². The van der Waals surface area contributed by atoms with Gasteiger partial charge in [0.2, 0.25) is 0 Å². The summed E-state index contributed by atoms with van der Waals surface area (Å²) in [4.78, 5) is 4.48. The maximum Gasteiger partial charge on any atom is 0.0649 e. The fourth-order valence-electron chi connectivity index (χ4n) is 2.53. The molecule has 0 aliphatic rings. The van der Waals surface area contributed by atoms with E-state index in [2.05, 4.69) is 22.2 Å². The minimum absolute atomic E-state index is 0.0593. The van der Waals surface area contributed by atoms with Crippen molar-refractivity contribution in [2.24, 2.45) is 12.8 Å². The smallest absolute Gasteiger partial charge is 0.0649 e. The van der Waals surface area contributed by atoms with Crippen molar-refractivity contribution in [1.29, 1.82) is 0 Å². The minimum Gasteiger partial charge on any atom is -0.323 e. The molecule has 2 heterocycles. The third-order valence-electron chi connectivity index (χ3n) is 3.69. The molecule has 0 bridgehead atoms. The SMILES string of the molecule is Cn1nccc1CCC(N)c1nccc2ccccc12. The minimum atomic E-state index is -0.0593. The molecular weight excluding hydrogens is 248 g/mol. The van der Waals surface area contributed by atoms with Crippen molar-refractivity contribution in [2.75, 3.05) is 0 Å². The molecule has 4 nitrogen and oxygen atoms in total. The van der Waals surface area contributed by atoms with E-state index in [1.807, 2.05) is 48.4 Å². The average Bonchev–Trinajstić information content (AvgIpc) is 2.89.